The number of nitrogens with two attached hydrogens (primary N) is 2. The highest BCUT2D eigenvalue weighted by Crippen LogP contribution is 2.56. The molecular weight excluding hydrogens is 670 g/mol. The Kier molecular flexibility index (Phi) is 9.75. The average Bonchev–Trinajstić information content (AvgIpc) is 3.67. The number of H-pyrrole nitrogens is 1. The summed E-state index contributed by atoms with van der Waals surface area (Å²) < 4.78 is 54.7. The molecule has 44 heavy (non-hydrogen) atoms. The third-order valence-corrected chi connectivity index (χ3v) is 8.97. The lowest BCUT2D eigenvalue weighted by Crippen LogP contribution is -2.39. The number of aliphatic hydroxyl groups excluding tert-OH is 1. The topological polar surface area (TPSA) is 295 Å². The van der Waals surface area contributed by atoms with Crippen LogP contribution in [0.25, 0.3) is 5.65 Å². The third-order valence-electron chi connectivity index (χ3n) is 6.53. The van der Waals surface area contributed by atoms with Gasteiger partial charge in [0.05, 0.1) is 19.3 Å². The van der Waals surface area contributed by atoms with E-state index >= 15 is 0 Å². The van der Waals surface area contributed by atoms with E-state index < -0.39 is 68.2 Å². The predicted octanol–water partition coefficient (Wildman–Crippen LogP) is -0.796. The Bertz CT molecular complexity index is 1720. The van der Waals surface area contributed by atoms with E-state index in [9.17, 15) is 28.7 Å². The Morgan fingerprint density at radius 2 is 1.98 bits per heavy atom. The zero-order chi connectivity index (χ0) is 31.8. The molecule has 5 rings (SSSR count). The monoisotopic (exact) mass is 698 g/mol. The summed E-state index contributed by atoms with van der Waals surface area (Å²) in [5, 5.41) is 17.7. The van der Waals surface area contributed by atoms with E-state index in [1.807, 2.05) is 0 Å². The number of aromatic nitrogens is 6. The van der Waals surface area contributed by atoms with Crippen LogP contribution in [0, 0.1) is 0 Å². The number of hydrazine groups is 1. The number of nitrogen functional groups attached to an aromatic ring is 2. The molecule has 0 saturated carbocycles. The van der Waals surface area contributed by atoms with Crippen LogP contribution in [-0.4, -0.2) is 83.0 Å². The number of nitrogens with one attached hydrogen (secondary N) is 3. The molecule has 242 valence electrons. The highest BCUT2D eigenvalue weighted by molar-refractivity contribution is 8.44. The second-order valence-electron chi connectivity index (χ2n) is 9.50. The molecule has 3 unspecified atom stereocenters. The molecule has 0 spiro atoms. The Morgan fingerprint density at radius 1 is 1.20 bits per heavy atom. The van der Waals surface area contributed by atoms with Gasteiger partial charge in [-0.2, -0.15) is 10.1 Å². The minimum atomic E-state index is -4.29. The standard InChI is InChI=1S/C19H28N10O11P2S2/c20-19-25-14(11(27-21)16(31)26-19)24-17-13(12(30)9(39-17)6-36-41(33,34)43)40-42(35,44)37-5-8-1-2-10(38-8)28-7-23-29-4-3-22-15(29)18(28)32/h3-4,7-10,12-13,17,27,30H,1-2,5-6,21H2,(H,35,44)(H2,33,34,43)(H4,20,24,25,26,31)/t8?,9-,10-,12+,13?,17-,42?/m1/s1. The first-order valence-electron chi connectivity index (χ1n) is 12.6. The van der Waals surface area contributed by atoms with Crippen LogP contribution < -0.4 is 33.4 Å². The number of hydrogen-bond acceptors (Lipinski definition) is 17. The molecule has 25 heteroatoms. The van der Waals surface area contributed by atoms with Gasteiger partial charge in [-0.25, -0.2) is 18.6 Å². The first-order chi connectivity index (χ1) is 20.7. The van der Waals surface area contributed by atoms with Crippen LogP contribution in [-0.2, 0) is 32.2 Å². The lowest BCUT2D eigenvalue weighted by atomic mass is 10.1. The van der Waals surface area contributed by atoms with Gasteiger partial charge in [0.25, 0.3) is 11.1 Å². The molecule has 0 amide bonds. The van der Waals surface area contributed by atoms with Gasteiger partial charge >= 0.3 is 13.6 Å². The van der Waals surface area contributed by atoms with Crippen LogP contribution >= 0.6 is 38.1 Å². The van der Waals surface area contributed by atoms with Crippen molar-refractivity contribution in [2.24, 2.45) is 5.84 Å². The highest BCUT2D eigenvalue weighted by Gasteiger charge is 2.49. The van der Waals surface area contributed by atoms with E-state index in [0.29, 0.717) is 12.8 Å². The van der Waals surface area contributed by atoms with Gasteiger partial charge in [-0.1, -0.05) is 24.5 Å². The van der Waals surface area contributed by atoms with Crippen LogP contribution in [0.5, 0.6) is 0 Å². The second kappa shape index (κ2) is 13.1. The molecule has 2 aliphatic rings. The number of fused-ring (bicyclic) bond motifs is 1. The van der Waals surface area contributed by atoms with Crippen LogP contribution in [0.2, 0.25) is 0 Å². The Hall–Kier alpha value is -2.53. The zero-order valence-electron chi connectivity index (χ0n) is 22.3. The maximum Gasteiger partial charge on any atom is 0.386 e. The van der Waals surface area contributed by atoms with Crippen LogP contribution in [0.4, 0.5) is 17.5 Å². The van der Waals surface area contributed by atoms with Gasteiger partial charge in [-0.05, 0) is 12.8 Å². The smallest absolute Gasteiger partial charge is 0.386 e. The number of rotatable bonds is 12. The van der Waals surface area contributed by atoms with E-state index in [1.165, 1.54) is 27.8 Å². The van der Waals surface area contributed by atoms with E-state index in [4.69, 9.17) is 34.6 Å². The van der Waals surface area contributed by atoms with Gasteiger partial charge < -0.3 is 35.9 Å². The SMILES string of the molecule is NNc1c(N[C@@H]2O[C@H](CO[P@@](=O)(O)S)[C@H](O)C2OP(=O)(S)OCC2CC[C@H](n3cnn4ccnc4c3=O)O2)nc(N)[nH]c1=O. The number of imidazole rings is 1. The van der Waals surface area contributed by atoms with Crippen LogP contribution in [0.1, 0.15) is 19.1 Å². The zero-order valence-corrected chi connectivity index (χ0v) is 25.9. The second-order valence-corrected chi connectivity index (χ2v) is 15.1. The molecule has 3 aromatic rings. The summed E-state index contributed by atoms with van der Waals surface area (Å²) in [6.07, 6.45) is -2.12. The fourth-order valence-electron chi connectivity index (χ4n) is 4.55. The molecule has 2 aliphatic heterocycles. The average molecular weight is 699 g/mol. The minimum absolute atomic E-state index is 0.122. The summed E-state index contributed by atoms with van der Waals surface area (Å²) in [6.45, 7) is -9.48. The first kappa shape index (κ1) is 32.9. The molecule has 3 aromatic heterocycles. The molecule has 2 saturated heterocycles. The van der Waals surface area contributed by atoms with Crippen molar-refractivity contribution < 1.29 is 42.2 Å². The number of hydrogen-bond donors (Lipinski definition) is 9. The van der Waals surface area contributed by atoms with Crippen molar-refractivity contribution in [2.45, 2.75) is 49.7 Å². The Morgan fingerprint density at radius 3 is 2.70 bits per heavy atom. The Balaban J connectivity index is 1.27. The van der Waals surface area contributed by atoms with Gasteiger partial charge in [-0.15, -0.1) is 0 Å². The number of aliphatic hydroxyl groups is 1. The van der Waals surface area contributed by atoms with E-state index in [1.54, 1.807) is 0 Å². The molecule has 9 N–H and O–H groups in total. The summed E-state index contributed by atoms with van der Waals surface area (Å²) in [5.74, 6) is 4.89. The van der Waals surface area contributed by atoms with Crippen molar-refractivity contribution in [1.29, 1.82) is 0 Å². The lowest BCUT2D eigenvalue weighted by molar-refractivity contribution is -0.0250. The van der Waals surface area contributed by atoms with Crippen molar-refractivity contribution >= 4 is 61.2 Å². The fraction of sp³-hybridized carbons (Fsp3) is 0.526. The number of aromatic amines is 1. The summed E-state index contributed by atoms with van der Waals surface area (Å²) in [4.78, 5) is 44.5. The van der Waals surface area contributed by atoms with Crippen LogP contribution in [0.3, 0.4) is 0 Å². The molecule has 0 radical (unpaired) electrons. The normalized spacial score (nSPS) is 28.1. The molecule has 2 fully saturated rings. The van der Waals surface area contributed by atoms with Gasteiger partial charge in [-0.3, -0.25) is 38.6 Å². The van der Waals surface area contributed by atoms with Crippen molar-refractivity contribution in [3.8, 4) is 0 Å². The van der Waals surface area contributed by atoms with Crippen LogP contribution in [0.15, 0.2) is 28.3 Å². The molecule has 0 aliphatic carbocycles. The molecule has 5 heterocycles. The molecular formula is C19H28N10O11P2S2. The summed E-state index contributed by atoms with van der Waals surface area (Å²) in [7, 11) is 0. The predicted molar refractivity (Wildman–Crippen MR) is 158 cm³/mol. The number of nitrogens with zero attached hydrogens (tertiary/aromatic N) is 5. The Labute approximate surface area is 256 Å². The van der Waals surface area contributed by atoms with Crippen molar-refractivity contribution in [3.63, 3.8) is 0 Å². The number of thiol groups is 2. The fourth-order valence-corrected chi connectivity index (χ4v) is 6.57. The maximum atomic E-state index is 13.3. The lowest BCUT2D eigenvalue weighted by Gasteiger charge is -2.25. The molecule has 0 aromatic carbocycles. The van der Waals surface area contributed by atoms with Gasteiger partial charge in [0, 0.05) is 12.4 Å². The van der Waals surface area contributed by atoms with Gasteiger partial charge in [0.2, 0.25) is 11.6 Å². The van der Waals surface area contributed by atoms with E-state index in [-0.39, 0.29) is 29.7 Å². The van der Waals surface area contributed by atoms with Gasteiger partial charge in [0.1, 0.15) is 30.9 Å². The first-order valence-corrected chi connectivity index (χ1v) is 18.1. The van der Waals surface area contributed by atoms with Crippen molar-refractivity contribution in [3.05, 3.63) is 39.4 Å². The molecule has 8 atom stereocenters. The van der Waals surface area contributed by atoms with Gasteiger partial charge in [0.15, 0.2) is 17.7 Å². The summed E-state index contributed by atoms with van der Waals surface area (Å²) >= 11 is 7.44. The highest BCUT2D eigenvalue weighted by atomic mass is 32.7. The van der Waals surface area contributed by atoms with Crippen molar-refractivity contribution in [2.75, 3.05) is 29.7 Å². The van der Waals surface area contributed by atoms with E-state index in [2.05, 4.69) is 55.3 Å². The number of ether oxygens (including phenoxy) is 2. The molecule has 21 nitrogen and oxygen atoms in total. The van der Waals surface area contributed by atoms with Crippen molar-refractivity contribution in [1.82, 2.24) is 29.1 Å². The summed E-state index contributed by atoms with van der Waals surface area (Å²) in [6, 6.07) is 0. The minimum Gasteiger partial charge on any atom is -0.387 e. The summed E-state index contributed by atoms with van der Waals surface area (Å²) in [5.41, 5.74) is 6.45. The largest absolute Gasteiger partial charge is 0.387 e. The quantitative estimate of drug-likeness (QED) is 0.0484. The third kappa shape index (κ3) is 7.46. The maximum absolute atomic E-state index is 13.3. The van der Waals surface area contributed by atoms with E-state index in [0.717, 1.165) is 0 Å². The molecule has 0 bridgehead atoms. The number of anilines is 3.